The van der Waals surface area contributed by atoms with Gasteiger partial charge in [-0.3, -0.25) is 14.5 Å². The van der Waals surface area contributed by atoms with Crippen LogP contribution in [0.5, 0.6) is 0 Å². The third kappa shape index (κ3) is 3.76. The van der Waals surface area contributed by atoms with Crippen molar-refractivity contribution in [3.8, 4) is 0 Å². The monoisotopic (exact) mass is 386 g/mol. The Hall–Kier alpha value is -2.41. The highest BCUT2D eigenvalue weighted by Crippen LogP contribution is 2.31. The van der Waals surface area contributed by atoms with Crippen molar-refractivity contribution in [3.63, 3.8) is 0 Å². The second-order valence-electron chi connectivity index (χ2n) is 8.96. The lowest BCUT2D eigenvalue weighted by molar-refractivity contribution is -0.139. The summed E-state index contributed by atoms with van der Waals surface area (Å²) in [6.07, 6.45) is 0. The first kappa shape index (κ1) is 20.3. The zero-order valence-corrected chi connectivity index (χ0v) is 17.4. The van der Waals surface area contributed by atoms with Gasteiger partial charge >= 0.3 is 6.03 Å². The summed E-state index contributed by atoms with van der Waals surface area (Å²) in [6, 6.07) is 7.21. The number of carbonyl (C=O) groups is 3. The summed E-state index contributed by atoms with van der Waals surface area (Å²) in [5.74, 6) is -0.576. The van der Waals surface area contributed by atoms with Gasteiger partial charge in [-0.25, -0.2) is 4.79 Å². The number of hydrogen-bond acceptors (Lipinski definition) is 4. The molecule has 3 rings (SSSR count). The first-order valence-electron chi connectivity index (χ1n) is 9.74. The van der Waals surface area contributed by atoms with Gasteiger partial charge in [0.2, 0.25) is 5.91 Å². The van der Waals surface area contributed by atoms with E-state index < -0.39 is 11.6 Å². The van der Waals surface area contributed by atoms with Crippen molar-refractivity contribution in [1.82, 2.24) is 20.0 Å². The van der Waals surface area contributed by atoms with Crippen LogP contribution in [0.4, 0.5) is 4.79 Å². The molecule has 2 heterocycles. The van der Waals surface area contributed by atoms with Crippen molar-refractivity contribution < 1.29 is 14.4 Å². The van der Waals surface area contributed by atoms with Gasteiger partial charge in [0.25, 0.3) is 5.91 Å². The molecule has 0 aliphatic carbocycles. The summed E-state index contributed by atoms with van der Waals surface area (Å²) in [5.41, 5.74) is 0.714. The van der Waals surface area contributed by atoms with Gasteiger partial charge in [-0.1, -0.05) is 45.0 Å². The van der Waals surface area contributed by atoms with Crippen LogP contribution in [-0.2, 0) is 20.5 Å². The molecule has 2 fully saturated rings. The standard InChI is InChI=1S/C21H30N4O3/c1-20(2,3)15-6-8-16(9-7-15)21(4)18(27)25(19(28)22-21)14-17(26)24-12-10-23(5)11-13-24/h6-9H,10-14H2,1-5H3,(H,22,28). The van der Waals surface area contributed by atoms with Crippen molar-refractivity contribution >= 4 is 17.8 Å². The Labute approximate surface area is 166 Å². The predicted molar refractivity (Wildman–Crippen MR) is 107 cm³/mol. The van der Waals surface area contributed by atoms with Crippen molar-refractivity contribution in [2.75, 3.05) is 39.8 Å². The molecule has 1 aromatic rings. The van der Waals surface area contributed by atoms with Crippen LogP contribution in [0.1, 0.15) is 38.8 Å². The lowest BCUT2D eigenvalue weighted by Crippen LogP contribution is -2.51. The fourth-order valence-electron chi connectivity index (χ4n) is 3.63. The van der Waals surface area contributed by atoms with E-state index in [9.17, 15) is 14.4 Å². The SMILES string of the molecule is CN1CCN(C(=O)CN2C(=O)NC(C)(c3ccc(C(C)(C)C)cc3)C2=O)CC1. The molecule has 0 bridgehead atoms. The topological polar surface area (TPSA) is 73.0 Å². The first-order valence-corrected chi connectivity index (χ1v) is 9.74. The van der Waals surface area contributed by atoms with Gasteiger partial charge in [0.15, 0.2) is 0 Å². The maximum atomic E-state index is 13.1. The number of rotatable bonds is 3. The van der Waals surface area contributed by atoms with Crippen LogP contribution in [0.15, 0.2) is 24.3 Å². The average molecular weight is 386 g/mol. The Morgan fingerprint density at radius 2 is 1.64 bits per heavy atom. The highest BCUT2D eigenvalue weighted by molar-refractivity contribution is 6.09. The molecule has 2 saturated heterocycles. The molecule has 28 heavy (non-hydrogen) atoms. The van der Waals surface area contributed by atoms with Gasteiger partial charge in [0.05, 0.1) is 0 Å². The molecule has 0 aromatic heterocycles. The van der Waals surface area contributed by atoms with E-state index in [1.807, 2.05) is 31.3 Å². The van der Waals surface area contributed by atoms with E-state index in [0.717, 1.165) is 23.6 Å². The number of benzene rings is 1. The van der Waals surface area contributed by atoms with Crippen LogP contribution in [0.25, 0.3) is 0 Å². The molecule has 1 atom stereocenters. The van der Waals surface area contributed by atoms with E-state index in [4.69, 9.17) is 0 Å². The molecular weight excluding hydrogens is 356 g/mol. The van der Waals surface area contributed by atoms with Gasteiger partial charge in [0.1, 0.15) is 12.1 Å². The lowest BCUT2D eigenvalue weighted by atomic mass is 9.84. The number of piperazine rings is 1. The Kier molecular flexibility index (Phi) is 5.23. The minimum atomic E-state index is -1.16. The minimum absolute atomic E-state index is 0.00331. The third-order valence-corrected chi connectivity index (χ3v) is 5.75. The fraction of sp³-hybridized carbons (Fsp3) is 0.571. The van der Waals surface area contributed by atoms with Gasteiger partial charge in [0, 0.05) is 26.2 Å². The van der Waals surface area contributed by atoms with Crippen LogP contribution in [0.2, 0.25) is 0 Å². The van der Waals surface area contributed by atoms with Crippen LogP contribution in [0.3, 0.4) is 0 Å². The smallest absolute Gasteiger partial charge is 0.325 e. The van der Waals surface area contributed by atoms with E-state index in [-0.39, 0.29) is 23.8 Å². The molecule has 1 aromatic carbocycles. The van der Waals surface area contributed by atoms with E-state index >= 15 is 0 Å². The zero-order chi connectivity index (χ0) is 20.7. The zero-order valence-electron chi connectivity index (χ0n) is 17.4. The molecule has 7 nitrogen and oxygen atoms in total. The second kappa shape index (κ2) is 7.20. The maximum absolute atomic E-state index is 13.1. The number of nitrogens with one attached hydrogen (secondary N) is 1. The second-order valence-corrected chi connectivity index (χ2v) is 8.96. The number of urea groups is 1. The van der Waals surface area contributed by atoms with Crippen LogP contribution in [0, 0.1) is 0 Å². The summed E-state index contributed by atoms with van der Waals surface area (Å²) in [6.45, 7) is 10.7. The molecular formula is C21H30N4O3. The molecule has 4 amide bonds. The molecule has 2 aliphatic rings. The predicted octanol–water partition coefficient (Wildman–Crippen LogP) is 1.53. The van der Waals surface area contributed by atoms with E-state index in [2.05, 4.69) is 31.0 Å². The Bertz CT molecular complexity index is 776. The van der Waals surface area contributed by atoms with Crippen molar-refractivity contribution in [1.29, 1.82) is 0 Å². The molecule has 2 aliphatic heterocycles. The summed E-state index contributed by atoms with van der Waals surface area (Å²) in [7, 11) is 2.01. The Morgan fingerprint density at radius 1 is 1.07 bits per heavy atom. The molecule has 0 spiro atoms. The number of likely N-dealkylation sites (N-methyl/N-ethyl adjacent to an activating group) is 1. The molecule has 0 saturated carbocycles. The van der Waals surface area contributed by atoms with Gasteiger partial charge < -0.3 is 15.1 Å². The number of imide groups is 1. The van der Waals surface area contributed by atoms with Crippen molar-refractivity contribution in [2.24, 2.45) is 0 Å². The molecule has 1 unspecified atom stereocenters. The normalized spacial score (nSPS) is 23.9. The summed E-state index contributed by atoms with van der Waals surface area (Å²) >= 11 is 0. The molecule has 1 N–H and O–H groups in total. The van der Waals surface area contributed by atoms with Gasteiger partial charge in [-0.2, -0.15) is 0 Å². The fourth-order valence-corrected chi connectivity index (χ4v) is 3.63. The largest absolute Gasteiger partial charge is 0.339 e. The van der Waals surface area contributed by atoms with Crippen LogP contribution >= 0.6 is 0 Å². The van der Waals surface area contributed by atoms with Crippen LogP contribution < -0.4 is 5.32 Å². The summed E-state index contributed by atoms with van der Waals surface area (Å²) in [5, 5.41) is 2.78. The maximum Gasteiger partial charge on any atom is 0.325 e. The van der Waals surface area contributed by atoms with Gasteiger partial charge in [-0.15, -0.1) is 0 Å². The van der Waals surface area contributed by atoms with E-state index in [1.165, 1.54) is 0 Å². The quantitative estimate of drug-likeness (QED) is 0.800. The number of nitrogens with zero attached hydrogens (tertiary/aromatic N) is 3. The van der Waals surface area contributed by atoms with E-state index in [0.29, 0.717) is 18.7 Å². The lowest BCUT2D eigenvalue weighted by Gasteiger charge is -2.33. The number of amides is 4. The first-order chi connectivity index (χ1) is 13.0. The summed E-state index contributed by atoms with van der Waals surface area (Å²) < 4.78 is 0. The highest BCUT2D eigenvalue weighted by atomic mass is 16.2. The van der Waals surface area contributed by atoms with Crippen LogP contribution in [-0.4, -0.2) is 72.3 Å². The average Bonchev–Trinajstić information content (AvgIpc) is 2.86. The molecule has 0 radical (unpaired) electrons. The highest BCUT2D eigenvalue weighted by Gasteiger charge is 2.49. The Balaban J connectivity index is 1.74. The van der Waals surface area contributed by atoms with Crippen molar-refractivity contribution in [2.45, 2.75) is 38.6 Å². The minimum Gasteiger partial charge on any atom is -0.339 e. The van der Waals surface area contributed by atoms with Gasteiger partial charge in [-0.05, 0) is 30.5 Å². The molecule has 7 heteroatoms. The molecule has 152 valence electrons. The van der Waals surface area contributed by atoms with E-state index in [1.54, 1.807) is 11.8 Å². The third-order valence-electron chi connectivity index (χ3n) is 5.75. The number of carbonyl (C=O) groups excluding carboxylic acids is 3. The van der Waals surface area contributed by atoms with Crippen molar-refractivity contribution in [3.05, 3.63) is 35.4 Å². The number of hydrogen-bond donors (Lipinski definition) is 1. The Morgan fingerprint density at radius 3 is 2.18 bits per heavy atom. The summed E-state index contributed by atoms with van der Waals surface area (Å²) in [4.78, 5) is 43.0.